The van der Waals surface area contributed by atoms with Crippen LogP contribution in [-0.4, -0.2) is 51.9 Å². The lowest BCUT2D eigenvalue weighted by atomic mass is 9.82. The molecule has 0 fully saturated rings. The quantitative estimate of drug-likeness (QED) is 0.0661. The largest absolute Gasteiger partial charge is 0.507 e. The van der Waals surface area contributed by atoms with E-state index in [0.29, 0.717) is 0 Å². The first-order valence-corrected chi connectivity index (χ1v) is 15.2. The maximum atomic E-state index is 14.0. The molecule has 232 valence electrons. The van der Waals surface area contributed by atoms with Gasteiger partial charge in [0, 0.05) is 73.1 Å². The lowest BCUT2D eigenvalue weighted by Gasteiger charge is -2.23. The fourth-order valence-electron chi connectivity index (χ4n) is 5.72. The standard InChI is InChI=1S/C31H31NO11S/c1-11(2)18-22-15(9-17(33)29(18)38)27(36)20(13(5)25(22)34)21-14(6)26(35)24-19(12(3)4)31(40)28(37)16(23(24)30(21)39)10-32-7-8-44(41,42)43/h9-12,35,37,39-40H,7-8H2,1-6H3,(H,41,42,43). The second kappa shape index (κ2) is 11.1. The lowest BCUT2D eigenvalue weighted by molar-refractivity contribution is 0.397. The van der Waals surface area contributed by atoms with Crippen LogP contribution in [0.1, 0.15) is 67.3 Å². The molecule has 2 aliphatic carbocycles. The Morgan fingerprint density at radius 1 is 0.727 bits per heavy atom. The van der Waals surface area contributed by atoms with E-state index in [4.69, 9.17) is 4.55 Å². The van der Waals surface area contributed by atoms with Crippen LogP contribution in [0, 0.1) is 13.8 Å². The normalized spacial score (nSPS) is 12.5. The van der Waals surface area contributed by atoms with Crippen LogP contribution in [-0.2, 0) is 10.1 Å². The number of hydrogen-bond acceptors (Lipinski definition) is 11. The van der Waals surface area contributed by atoms with E-state index in [1.165, 1.54) is 13.8 Å². The van der Waals surface area contributed by atoms with Crippen LogP contribution in [0.5, 0.6) is 23.0 Å². The number of benzene rings is 4. The summed E-state index contributed by atoms with van der Waals surface area (Å²) in [7, 11) is -4.39. The molecule has 0 aliphatic heterocycles. The first-order chi connectivity index (χ1) is 20.3. The molecular weight excluding hydrogens is 594 g/mol. The van der Waals surface area contributed by atoms with Crippen molar-refractivity contribution in [3.05, 3.63) is 74.8 Å². The Labute approximate surface area is 251 Å². The van der Waals surface area contributed by atoms with Gasteiger partial charge in [-0.15, -0.1) is 0 Å². The molecule has 0 heterocycles. The fourth-order valence-corrected chi connectivity index (χ4v) is 6.06. The van der Waals surface area contributed by atoms with Gasteiger partial charge < -0.3 is 20.4 Å². The van der Waals surface area contributed by atoms with Crippen molar-refractivity contribution in [2.75, 3.05) is 12.3 Å². The van der Waals surface area contributed by atoms with E-state index in [-0.39, 0.29) is 60.8 Å². The van der Waals surface area contributed by atoms with E-state index in [2.05, 4.69) is 4.99 Å². The SMILES string of the molecule is Cc1c(-c2c(C)c(=O)c3c(C(C)C)c(=O)c(=O)cc-3c2=O)c(O)c2c(C=NCCS(=O)(=O)O)c(O)c(O)c(C(C)C)c2c1O. The van der Waals surface area contributed by atoms with Crippen molar-refractivity contribution < 1.29 is 33.4 Å². The van der Waals surface area contributed by atoms with Crippen molar-refractivity contribution >= 4 is 27.1 Å². The van der Waals surface area contributed by atoms with Crippen LogP contribution in [0.15, 0.2) is 30.2 Å². The van der Waals surface area contributed by atoms with Gasteiger partial charge in [-0.05, 0) is 25.7 Å². The summed E-state index contributed by atoms with van der Waals surface area (Å²) in [5, 5.41) is 44.8. The molecule has 0 radical (unpaired) electrons. The van der Waals surface area contributed by atoms with Crippen LogP contribution in [0.4, 0.5) is 0 Å². The molecule has 13 heteroatoms. The molecular formula is C31H31NO11S. The van der Waals surface area contributed by atoms with E-state index in [9.17, 15) is 48.0 Å². The van der Waals surface area contributed by atoms with E-state index in [1.807, 2.05) is 0 Å². The first kappa shape index (κ1) is 32.3. The molecule has 0 unspecified atom stereocenters. The zero-order chi connectivity index (χ0) is 33.2. The predicted octanol–water partition coefficient (Wildman–Crippen LogP) is 2.92. The Morgan fingerprint density at radius 2 is 1.32 bits per heavy atom. The molecule has 0 atom stereocenters. The number of phenols is 4. The molecule has 0 aromatic heterocycles. The van der Waals surface area contributed by atoms with Gasteiger partial charge in [-0.25, -0.2) is 0 Å². The molecule has 5 N–H and O–H groups in total. The number of nitrogens with zero attached hydrogens (tertiary/aromatic N) is 1. The van der Waals surface area contributed by atoms with Crippen molar-refractivity contribution in [2.24, 2.45) is 4.99 Å². The van der Waals surface area contributed by atoms with Gasteiger partial charge in [-0.2, -0.15) is 8.42 Å². The van der Waals surface area contributed by atoms with Crippen molar-refractivity contribution in [3.8, 4) is 45.3 Å². The highest BCUT2D eigenvalue weighted by Crippen LogP contribution is 2.53. The van der Waals surface area contributed by atoms with Crippen LogP contribution in [0.3, 0.4) is 0 Å². The van der Waals surface area contributed by atoms with Crippen LogP contribution < -0.4 is 21.7 Å². The third-order valence-electron chi connectivity index (χ3n) is 7.76. The van der Waals surface area contributed by atoms with E-state index in [1.54, 1.807) is 27.7 Å². The summed E-state index contributed by atoms with van der Waals surface area (Å²) in [6, 6.07) is 0.789. The summed E-state index contributed by atoms with van der Waals surface area (Å²) in [5.41, 5.74) is -5.29. The topological polar surface area (TPSA) is 216 Å². The number of phenolic OH excluding ortho intramolecular Hbond substituents is 4. The van der Waals surface area contributed by atoms with Crippen LogP contribution in [0.25, 0.3) is 33.0 Å². The maximum absolute atomic E-state index is 14.0. The second-order valence-corrected chi connectivity index (χ2v) is 12.9. The Bertz CT molecular complexity index is 2190. The predicted molar refractivity (Wildman–Crippen MR) is 167 cm³/mol. The number of fused-ring (bicyclic) bond motifs is 2. The van der Waals surface area contributed by atoms with Gasteiger partial charge in [0.2, 0.25) is 10.9 Å². The minimum atomic E-state index is -4.39. The van der Waals surface area contributed by atoms with Gasteiger partial charge in [-0.3, -0.25) is 28.7 Å². The highest BCUT2D eigenvalue weighted by molar-refractivity contribution is 7.85. The number of aromatic hydroxyl groups is 4. The third kappa shape index (κ3) is 5.01. The zero-order valence-corrected chi connectivity index (χ0v) is 25.6. The average Bonchev–Trinajstić information content (AvgIpc) is 2.92. The van der Waals surface area contributed by atoms with Gasteiger partial charge in [0.1, 0.15) is 11.5 Å². The monoisotopic (exact) mass is 625 g/mol. The molecule has 2 aromatic rings. The summed E-state index contributed by atoms with van der Waals surface area (Å²) < 4.78 is 31.3. The summed E-state index contributed by atoms with van der Waals surface area (Å²) in [6.07, 6.45) is 0.934. The Hall–Kier alpha value is -4.62. The van der Waals surface area contributed by atoms with Gasteiger partial charge >= 0.3 is 0 Å². The van der Waals surface area contributed by atoms with Crippen molar-refractivity contribution in [1.29, 1.82) is 0 Å². The summed E-state index contributed by atoms with van der Waals surface area (Å²) in [5.74, 6) is -4.47. The third-order valence-corrected chi connectivity index (χ3v) is 8.46. The number of aliphatic imine (C=N–C) groups is 1. The van der Waals surface area contributed by atoms with E-state index >= 15 is 0 Å². The second-order valence-electron chi connectivity index (χ2n) is 11.3. The summed E-state index contributed by atoms with van der Waals surface area (Å²) >= 11 is 0. The maximum Gasteiger partial charge on any atom is 0.266 e. The molecule has 4 rings (SSSR count). The number of rotatable bonds is 7. The Morgan fingerprint density at radius 3 is 1.86 bits per heavy atom. The molecule has 0 spiro atoms. The molecule has 0 amide bonds. The lowest BCUT2D eigenvalue weighted by Crippen LogP contribution is -2.35. The van der Waals surface area contributed by atoms with Crippen molar-refractivity contribution in [1.82, 2.24) is 0 Å². The van der Waals surface area contributed by atoms with Crippen LogP contribution >= 0.6 is 0 Å². The van der Waals surface area contributed by atoms with Gasteiger partial charge in [0.15, 0.2) is 22.4 Å². The van der Waals surface area contributed by atoms with E-state index in [0.717, 1.165) is 12.3 Å². The minimum absolute atomic E-state index is 0.0395. The summed E-state index contributed by atoms with van der Waals surface area (Å²) in [4.78, 5) is 56.8. The zero-order valence-electron chi connectivity index (χ0n) is 24.8. The fraction of sp³-hybridized carbons (Fsp3) is 0.323. The molecule has 0 saturated heterocycles. The van der Waals surface area contributed by atoms with Gasteiger partial charge in [0.25, 0.3) is 10.1 Å². The molecule has 0 bridgehead atoms. The Balaban J connectivity index is 2.26. The Kier molecular flexibility index (Phi) is 8.18. The van der Waals surface area contributed by atoms with Crippen LogP contribution in [0.2, 0.25) is 0 Å². The van der Waals surface area contributed by atoms with Crippen molar-refractivity contribution in [2.45, 2.75) is 53.4 Å². The van der Waals surface area contributed by atoms with Crippen molar-refractivity contribution in [3.63, 3.8) is 0 Å². The highest BCUT2D eigenvalue weighted by atomic mass is 32.2. The average molecular weight is 626 g/mol. The molecule has 2 aliphatic rings. The minimum Gasteiger partial charge on any atom is -0.507 e. The molecule has 44 heavy (non-hydrogen) atoms. The first-order valence-electron chi connectivity index (χ1n) is 13.6. The highest BCUT2D eigenvalue weighted by Gasteiger charge is 2.32. The summed E-state index contributed by atoms with van der Waals surface area (Å²) in [6.45, 7) is 8.72. The smallest absolute Gasteiger partial charge is 0.266 e. The van der Waals surface area contributed by atoms with Gasteiger partial charge in [-0.1, -0.05) is 27.7 Å². The molecule has 12 nitrogen and oxygen atoms in total. The number of hydrogen-bond donors (Lipinski definition) is 5. The molecule has 2 aromatic carbocycles. The van der Waals surface area contributed by atoms with Gasteiger partial charge in [0.05, 0.1) is 12.3 Å². The van der Waals surface area contributed by atoms with E-state index < -0.39 is 79.0 Å². The molecule has 0 saturated carbocycles.